The number of phenolic OH excluding ortho intramolecular Hbond substituents is 1. The molecule has 1 N–H and O–H groups in total. The van der Waals surface area contributed by atoms with Crippen LogP contribution in [0.3, 0.4) is 0 Å². The second-order valence-corrected chi connectivity index (χ2v) is 2.48. The normalized spacial score (nSPS) is 9.85. The molecule has 0 radical (unpaired) electrons. The maximum absolute atomic E-state index is 9.68. The smallest absolute Gasteiger partial charge is 0.239 e. The van der Waals surface area contributed by atoms with E-state index in [-0.39, 0.29) is 5.75 Å². The SMILES string of the molecule is O=C=N/C=C\Cc1ccc(O)cc1. The molecule has 0 fully saturated rings. The first-order chi connectivity index (χ1) is 6.33. The number of isocyanates is 1. The summed E-state index contributed by atoms with van der Waals surface area (Å²) in [5.41, 5.74) is 1.05. The molecular formula is C10H9NO2. The van der Waals surface area contributed by atoms with Crippen molar-refractivity contribution >= 4 is 6.08 Å². The molecule has 0 aliphatic heterocycles. The third-order valence-corrected chi connectivity index (χ3v) is 1.52. The van der Waals surface area contributed by atoms with E-state index in [1.54, 1.807) is 18.2 Å². The molecule has 1 aromatic rings. The Hall–Kier alpha value is -1.86. The van der Waals surface area contributed by atoms with Gasteiger partial charge in [-0.3, -0.25) is 0 Å². The summed E-state index contributed by atoms with van der Waals surface area (Å²) in [6, 6.07) is 6.85. The van der Waals surface area contributed by atoms with Crippen molar-refractivity contribution in [2.24, 2.45) is 4.99 Å². The average molecular weight is 175 g/mol. The third-order valence-electron chi connectivity index (χ3n) is 1.52. The summed E-state index contributed by atoms with van der Waals surface area (Å²) in [5, 5.41) is 8.98. The van der Waals surface area contributed by atoms with E-state index in [4.69, 9.17) is 5.11 Å². The first kappa shape index (κ1) is 9.23. The summed E-state index contributed by atoms with van der Waals surface area (Å²) in [6.45, 7) is 0. The maximum Gasteiger partial charge on any atom is 0.239 e. The van der Waals surface area contributed by atoms with Crippen molar-refractivity contribution < 1.29 is 9.90 Å². The number of carbonyl (C=O) groups excluding carboxylic acids is 1. The highest BCUT2D eigenvalue weighted by atomic mass is 16.3. The molecule has 3 nitrogen and oxygen atoms in total. The van der Waals surface area contributed by atoms with E-state index in [2.05, 4.69) is 4.99 Å². The molecule has 0 heterocycles. The Morgan fingerprint density at radius 1 is 1.38 bits per heavy atom. The van der Waals surface area contributed by atoms with Crippen LogP contribution in [0, 0.1) is 0 Å². The highest BCUT2D eigenvalue weighted by molar-refractivity contribution is 5.34. The quantitative estimate of drug-likeness (QED) is 0.562. The van der Waals surface area contributed by atoms with E-state index in [1.165, 1.54) is 12.3 Å². The zero-order valence-electron chi connectivity index (χ0n) is 6.97. The van der Waals surface area contributed by atoms with Gasteiger partial charge in [0.25, 0.3) is 0 Å². The second-order valence-electron chi connectivity index (χ2n) is 2.48. The Bertz CT molecular complexity index is 334. The van der Waals surface area contributed by atoms with E-state index >= 15 is 0 Å². The summed E-state index contributed by atoms with van der Waals surface area (Å²) < 4.78 is 0. The van der Waals surface area contributed by atoms with Crippen LogP contribution in [0.25, 0.3) is 0 Å². The van der Waals surface area contributed by atoms with Crippen LogP contribution in [0.4, 0.5) is 0 Å². The molecule has 1 rings (SSSR count). The molecule has 0 aromatic heterocycles. The van der Waals surface area contributed by atoms with Gasteiger partial charge in [-0.05, 0) is 24.1 Å². The lowest BCUT2D eigenvalue weighted by Gasteiger charge is -1.95. The second kappa shape index (κ2) is 4.91. The van der Waals surface area contributed by atoms with Gasteiger partial charge in [0.15, 0.2) is 0 Å². The molecular weight excluding hydrogens is 166 g/mol. The standard InChI is InChI=1S/C10H9NO2/c12-8-11-7-1-2-9-3-5-10(13)6-4-9/h1,3-7,13H,2H2/b7-1-. The fourth-order valence-electron chi connectivity index (χ4n) is 0.904. The summed E-state index contributed by atoms with van der Waals surface area (Å²) in [4.78, 5) is 13.0. The van der Waals surface area contributed by atoms with Crippen LogP contribution >= 0.6 is 0 Å². The molecule has 0 amide bonds. The number of allylic oxidation sites excluding steroid dienone is 1. The van der Waals surface area contributed by atoms with Gasteiger partial charge in [0.2, 0.25) is 6.08 Å². The molecule has 1 aromatic carbocycles. The third kappa shape index (κ3) is 3.36. The van der Waals surface area contributed by atoms with Crippen LogP contribution in [-0.4, -0.2) is 11.2 Å². The highest BCUT2D eigenvalue weighted by Crippen LogP contribution is 2.10. The Labute approximate surface area is 76.1 Å². The molecule has 0 spiro atoms. The Morgan fingerprint density at radius 2 is 2.08 bits per heavy atom. The minimum absolute atomic E-state index is 0.249. The topological polar surface area (TPSA) is 49.7 Å². The summed E-state index contributed by atoms with van der Waals surface area (Å²) >= 11 is 0. The largest absolute Gasteiger partial charge is 0.508 e. The summed E-state index contributed by atoms with van der Waals surface area (Å²) in [7, 11) is 0. The zero-order chi connectivity index (χ0) is 9.52. The van der Waals surface area contributed by atoms with Gasteiger partial charge in [-0.2, -0.15) is 4.99 Å². The average Bonchev–Trinajstić information content (AvgIpc) is 2.15. The van der Waals surface area contributed by atoms with Crippen molar-refractivity contribution in [3.8, 4) is 5.75 Å². The number of nitrogens with zero attached hydrogens (tertiary/aromatic N) is 1. The minimum Gasteiger partial charge on any atom is -0.508 e. The fraction of sp³-hybridized carbons (Fsp3) is 0.100. The number of hydrogen-bond donors (Lipinski definition) is 1. The molecule has 0 aliphatic carbocycles. The van der Waals surface area contributed by atoms with Crippen molar-refractivity contribution in [3.63, 3.8) is 0 Å². The van der Waals surface area contributed by atoms with Gasteiger partial charge in [0.05, 0.1) is 0 Å². The number of benzene rings is 1. The molecule has 0 saturated carbocycles. The lowest BCUT2D eigenvalue weighted by atomic mass is 10.1. The first-order valence-electron chi connectivity index (χ1n) is 3.83. The lowest BCUT2D eigenvalue weighted by molar-refractivity contribution is 0.475. The van der Waals surface area contributed by atoms with E-state index in [0.717, 1.165) is 5.56 Å². The summed E-state index contributed by atoms with van der Waals surface area (Å²) in [5.74, 6) is 0.249. The Morgan fingerprint density at radius 3 is 2.69 bits per heavy atom. The van der Waals surface area contributed by atoms with Crippen molar-refractivity contribution in [2.45, 2.75) is 6.42 Å². The van der Waals surface area contributed by atoms with Gasteiger partial charge in [-0.1, -0.05) is 18.2 Å². The zero-order valence-corrected chi connectivity index (χ0v) is 6.97. The van der Waals surface area contributed by atoms with Crippen LogP contribution in [0.15, 0.2) is 41.5 Å². The maximum atomic E-state index is 9.68. The fourth-order valence-corrected chi connectivity index (χ4v) is 0.904. The van der Waals surface area contributed by atoms with Crippen molar-refractivity contribution in [1.82, 2.24) is 0 Å². The van der Waals surface area contributed by atoms with Crippen LogP contribution in [-0.2, 0) is 11.2 Å². The number of rotatable bonds is 3. The minimum atomic E-state index is 0.249. The van der Waals surface area contributed by atoms with Gasteiger partial charge >= 0.3 is 0 Å². The number of aromatic hydroxyl groups is 1. The number of phenols is 1. The van der Waals surface area contributed by atoms with Crippen LogP contribution < -0.4 is 0 Å². The Balaban J connectivity index is 2.55. The molecule has 0 unspecified atom stereocenters. The van der Waals surface area contributed by atoms with Crippen LogP contribution in [0.2, 0.25) is 0 Å². The van der Waals surface area contributed by atoms with Gasteiger partial charge < -0.3 is 5.11 Å². The van der Waals surface area contributed by atoms with E-state index in [1.807, 2.05) is 12.1 Å². The Kier molecular flexibility index (Phi) is 3.48. The predicted octanol–water partition coefficient (Wildman–Crippen LogP) is 1.78. The van der Waals surface area contributed by atoms with Crippen molar-refractivity contribution in [2.75, 3.05) is 0 Å². The monoisotopic (exact) mass is 175 g/mol. The first-order valence-corrected chi connectivity index (χ1v) is 3.83. The van der Waals surface area contributed by atoms with Crippen LogP contribution in [0.5, 0.6) is 5.75 Å². The van der Waals surface area contributed by atoms with E-state index < -0.39 is 0 Å². The van der Waals surface area contributed by atoms with Crippen molar-refractivity contribution in [1.29, 1.82) is 0 Å². The van der Waals surface area contributed by atoms with Gasteiger partial charge in [-0.25, -0.2) is 4.79 Å². The number of hydrogen-bond acceptors (Lipinski definition) is 3. The molecule has 13 heavy (non-hydrogen) atoms. The van der Waals surface area contributed by atoms with Crippen LogP contribution in [0.1, 0.15) is 5.56 Å². The van der Waals surface area contributed by atoms with Gasteiger partial charge in [0, 0.05) is 6.20 Å². The van der Waals surface area contributed by atoms with E-state index in [9.17, 15) is 4.79 Å². The highest BCUT2D eigenvalue weighted by Gasteiger charge is 1.88. The lowest BCUT2D eigenvalue weighted by Crippen LogP contribution is -1.78. The molecule has 0 atom stereocenters. The van der Waals surface area contributed by atoms with Crippen molar-refractivity contribution in [3.05, 3.63) is 42.1 Å². The van der Waals surface area contributed by atoms with E-state index in [0.29, 0.717) is 6.42 Å². The molecule has 0 bridgehead atoms. The van der Waals surface area contributed by atoms with Gasteiger partial charge in [-0.15, -0.1) is 0 Å². The number of aliphatic imine (C=N–C) groups is 1. The molecule has 3 heteroatoms. The molecule has 0 aliphatic rings. The molecule has 0 saturated heterocycles. The summed E-state index contributed by atoms with van der Waals surface area (Å²) in [6.07, 6.45) is 5.25. The predicted molar refractivity (Wildman–Crippen MR) is 49.1 cm³/mol. The van der Waals surface area contributed by atoms with Gasteiger partial charge in [0.1, 0.15) is 5.75 Å². The molecule has 66 valence electrons.